The number of anilines is 1. The van der Waals surface area contributed by atoms with Crippen LogP contribution in [0, 0.1) is 0 Å². The summed E-state index contributed by atoms with van der Waals surface area (Å²) in [7, 11) is 1.53. The molecule has 2 amide bonds. The Morgan fingerprint density at radius 1 is 0.839 bits per heavy atom. The molecule has 0 unspecified atom stereocenters. The van der Waals surface area contributed by atoms with Crippen LogP contribution in [0.4, 0.5) is 5.69 Å². The molecule has 3 aromatic carbocycles. The lowest BCUT2D eigenvalue weighted by Crippen LogP contribution is -2.26. The van der Waals surface area contributed by atoms with E-state index in [0.29, 0.717) is 29.1 Å². The summed E-state index contributed by atoms with van der Waals surface area (Å²) in [6, 6.07) is 22.5. The van der Waals surface area contributed by atoms with Gasteiger partial charge in [0.1, 0.15) is 5.75 Å². The highest BCUT2D eigenvalue weighted by atomic mass is 16.5. The van der Waals surface area contributed by atoms with Crippen molar-refractivity contribution in [2.24, 2.45) is 0 Å². The first kappa shape index (κ1) is 21.6. The van der Waals surface area contributed by atoms with Crippen LogP contribution in [0.5, 0.6) is 5.75 Å². The lowest BCUT2D eigenvalue weighted by atomic mass is 10.1. The quantitative estimate of drug-likeness (QED) is 0.547. The zero-order chi connectivity index (χ0) is 22.1. The molecule has 31 heavy (non-hydrogen) atoms. The Kier molecular flexibility index (Phi) is 7.37. The van der Waals surface area contributed by atoms with Crippen LogP contribution in [0.15, 0.2) is 78.9 Å². The number of carbonyl (C=O) groups excluding carboxylic acids is 3. The third-order valence-electron chi connectivity index (χ3n) is 4.40. The van der Waals surface area contributed by atoms with Crippen LogP contribution in [0.3, 0.4) is 0 Å². The van der Waals surface area contributed by atoms with Crippen molar-refractivity contribution in [1.29, 1.82) is 0 Å². The number of hydrogen-bond donors (Lipinski definition) is 2. The van der Waals surface area contributed by atoms with Gasteiger partial charge in [0, 0.05) is 6.54 Å². The zero-order valence-corrected chi connectivity index (χ0v) is 17.0. The Morgan fingerprint density at radius 2 is 1.52 bits per heavy atom. The van der Waals surface area contributed by atoms with E-state index >= 15 is 0 Å². The minimum Gasteiger partial charge on any atom is -0.497 e. The Bertz CT molecular complexity index is 1050. The molecule has 0 spiro atoms. The Hall–Kier alpha value is -4.13. The SMILES string of the molecule is COc1ccc(C(=O)OCC(=O)Nc2ccccc2C(=O)NCc2ccccc2)cc1. The van der Waals surface area contributed by atoms with Gasteiger partial charge in [-0.25, -0.2) is 4.79 Å². The summed E-state index contributed by atoms with van der Waals surface area (Å²) >= 11 is 0. The fourth-order valence-electron chi connectivity index (χ4n) is 2.79. The molecule has 0 fully saturated rings. The van der Waals surface area contributed by atoms with Gasteiger partial charge in [-0.15, -0.1) is 0 Å². The number of amides is 2. The molecule has 0 heterocycles. The van der Waals surface area contributed by atoms with Crippen molar-refractivity contribution in [3.8, 4) is 5.75 Å². The maximum atomic E-state index is 12.6. The Labute approximate surface area is 180 Å². The monoisotopic (exact) mass is 418 g/mol. The van der Waals surface area contributed by atoms with Gasteiger partial charge >= 0.3 is 5.97 Å². The van der Waals surface area contributed by atoms with Crippen LogP contribution in [-0.4, -0.2) is 31.5 Å². The number of ether oxygens (including phenoxy) is 2. The number of rotatable bonds is 8. The molecule has 0 aliphatic rings. The molecule has 0 aliphatic heterocycles. The van der Waals surface area contributed by atoms with Gasteiger partial charge < -0.3 is 20.1 Å². The van der Waals surface area contributed by atoms with Crippen LogP contribution >= 0.6 is 0 Å². The number of hydrogen-bond acceptors (Lipinski definition) is 5. The zero-order valence-electron chi connectivity index (χ0n) is 17.0. The van der Waals surface area contributed by atoms with E-state index in [1.54, 1.807) is 48.5 Å². The molecular weight excluding hydrogens is 396 g/mol. The summed E-state index contributed by atoms with van der Waals surface area (Å²) in [6.45, 7) is -0.119. The second-order valence-corrected chi connectivity index (χ2v) is 6.57. The molecule has 0 atom stereocenters. The first-order valence-corrected chi connectivity index (χ1v) is 9.59. The lowest BCUT2D eigenvalue weighted by Gasteiger charge is -2.12. The molecular formula is C24H22N2O5. The topological polar surface area (TPSA) is 93.7 Å². The predicted molar refractivity (Wildman–Crippen MR) is 116 cm³/mol. The maximum Gasteiger partial charge on any atom is 0.338 e. The predicted octanol–water partition coefficient (Wildman–Crippen LogP) is 3.42. The Balaban J connectivity index is 1.56. The molecule has 0 aliphatic carbocycles. The minimum atomic E-state index is -0.633. The number of benzene rings is 3. The second-order valence-electron chi connectivity index (χ2n) is 6.57. The molecule has 7 nitrogen and oxygen atoms in total. The summed E-state index contributed by atoms with van der Waals surface area (Å²) in [4.78, 5) is 36.9. The molecule has 0 saturated heterocycles. The van der Waals surface area contributed by atoms with Gasteiger partial charge in [0.25, 0.3) is 11.8 Å². The summed E-state index contributed by atoms with van der Waals surface area (Å²) in [5.74, 6) is -0.900. The smallest absolute Gasteiger partial charge is 0.338 e. The van der Waals surface area contributed by atoms with E-state index in [0.717, 1.165) is 5.56 Å². The summed E-state index contributed by atoms with van der Waals surface area (Å²) in [5, 5.41) is 5.44. The second kappa shape index (κ2) is 10.6. The van der Waals surface area contributed by atoms with Crippen molar-refractivity contribution in [3.05, 3.63) is 95.6 Å². The summed E-state index contributed by atoms with van der Waals surface area (Å²) < 4.78 is 10.1. The first-order chi connectivity index (χ1) is 15.1. The van der Waals surface area contributed by atoms with Gasteiger partial charge in [-0.1, -0.05) is 42.5 Å². The van der Waals surface area contributed by atoms with Crippen LogP contribution < -0.4 is 15.4 Å². The van der Waals surface area contributed by atoms with Gasteiger partial charge in [-0.3, -0.25) is 9.59 Å². The van der Waals surface area contributed by atoms with E-state index in [4.69, 9.17) is 9.47 Å². The summed E-state index contributed by atoms with van der Waals surface area (Å²) in [6.07, 6.45) is 0. The van der Waals surface area contributed by atoms with Crippen molar-refractivity contribution in [1.82, 2.24) is 5.32 Å². The van der Waals surface area contributed by atoms with Gasteiger partial charge in [-0.05, 0) is 42.0 Å². The number of carbonyl (C=O) groups is 3. The van der Waals surface area contributed by atoms with E-state index in [2.05, 4.69) is 10.6 Å². The van der Waals surface area contributed by atoms with E-state index < -0.39 is 18.5 Å². The van der Waals surface area contributed by atoms with E-state index in [-0.39, 0.29) is 5.91 Å². The molecule has 0 bridgehead atoms. The largest absolute Gasteiger partial charge is 0.497 e. The van der Waals surface area contributed by atoms with Crippen LogP contribution in [0.2, 0.25) is 0 Å². The number of para-hydroxylation sites is 1. The van der Waals surface area contributed by atoms with Gasteiger partial charge in [0.2, 0.25) is 0 Å². The van der Waals surface area contributed by atoms with E-state index in [1.807, 2.05) is 30.3 Å². The van der Waals surface area contributed by atoms with Crippen molar-refractivity contribution < 1.29 is 23.9 Å². The van der Waals surface area contributed by atoms with Crippen molar-refractivity contribution in [2.45, 2.75) is 6.54 Å². The van der Waals surface area contributed by atoms with Gasteiger partial charge in [0.05, 0.1) is 23.9 Å². The normalized spacial score (nSPS) is 10.1. The molecule has 0 aromatic heterocycles. The highest BCUT2D eigenvalue weighted by Crippen LogP contribution is 2.16. The number of methoxy groups -OCH3 is 1. The molecule has 158 valence electrons. The van der Waals surface area contributed by atoms with E-state index in [9.17, 15) is 14.4 Å². The van der Waals surface area contributed by atoms with E-state index in [1.165, 1.54) is 7.11 Å². The average Bonchev–Trinajstić information content (AvgIpc) is 2.82. The molecule has 3 rings (SSSR count). The molecule has 2 N–H and O–H groups in total. The van der Waals surface area contributed by atoms with Crippen molar-refractivity contribution in [2.75, 3.05) is 19.0 Å². The van der Waals surface area contributed by atoms with Crippen LogP contribution in [0.1, 0.15) is 26.3 Å². The maximum absolute atomic E-state index is 12.6. The Morgan fingerprint density at radius 3 is 2.23 bits per heavy atom. The standard InChI is InChI=1S/C24H22N2O5/c1-30-19-13-11-18(12-14-19)24(29)31-16-22(27)26-21-10-6-5-9-20(21)23(28)25-15-17-7-3-2-4-8-17/h2-14H,15-16H2,1H3,(H,25,28)(H,26,27). The minimum absolute atomic E-state index is 0.300. The van der Waals surface area contributed by atoms with Crippen molar-refractivity contribution >= 4 is 23.5 Å². The third-order valence-corrected chi connectivity index (χ3v) is 4.40. The fourth-order valence-corrected chi connectivity index (χ4v) is 2.79. The average molecular weight is 418 g/mol. The number of nitrogens with one attached hydrogen (secondary N) is 2. The molecule has 7 heteroatoms. The summed E-state index contributed by atoms with van der Waals surface area (Å²) in [5.41, 5.74) is 1.91. The first-order valence-electron chi connectivity index (χ1n) is 9.59. The van der Waals surface area contributed by atoms with Crippen molar-refractivity contribution in [3.63, 3.8) is 0 Å². The molecule has 0 radical (unpaired) electrons. The van der Waals surface area contributed by atoms with Crippen LogP contribution in [-0.2, 0) is 16.1 Å². The lowest BCUT2D eigenvalue weighted by molar-refractivity contribution is -0.119. The molecule has 3 aromatic rings. The molecule has 0 saturated carbocycles. The van der Waals surface area contributed by atoms with Gasteiger partial charge in [-0.2, -0.15) is 0 Å². The highest BCUT2D eigenvalue weighted by molar-refractivity contribution is 6.04. The van der Waals surface area contributed by atoms with Crippen LogP contribution in [0.25, 0.3) is 0 Å². The van der Waals surface area contributed by atoms with Gasteiger partial charge in [0.15, 0.2) is 6.61 Å². The number of esters is 1. The fraction of sp³-hybridized carbons (Fsp3) is 0.125. The third kappa shape index (κ3) is 6.17. The highest BCUT2D eigenvalue weighted by Gasteiger charge is 2.15.